The first-order valence-electron chi connectivity index (χ1n) is 13.7. The van der Waals surface area contributed by atoms with E-state index in [1.165, 1.54) is 33.3 Å². The van der Waals surface area contributed by atoms with Crippen molar-refractivity contribution in [2.24, 2.45) is 17.6 Å². The van der Waals surface area contributed by atoms with Gasteiger partial charge in [-0.3, -0.25) is 14.4 Å². The minimum absolute atomic E-state index is 0.0175. The van der Waals surface area contributed by atoms with E-state index in [1.54, 1.807) is 26.0 Å². The molecule has 0 aromatic rings. The van der Waals surface area contributed by atoms with Gasteiger partial charge in [-0.15, -0.1) is 0 Å². The van der Waals surface area contributed by atoms with Crippen LogP contribution in [-0.2, 0) is 28.6 Å². The van der Waals surface area contributed by atoms with Gasteiger partial charge >= 0.3 is 6.09 Å². The number of nitrogens with one attached hydrogen (secondary N) is 2. The number of hydrogen-bond donors (Lipinski definition) is 4. The van der Waals surface area contributed by atoms with E-state index in [-0.39, 0.29) is 41.4 Å². The Labute approximate surface area is 245 Å². The topological polar surface area (TPSA) is 166 Å². The first-order chi connectivity index (χ1) is 19.8. The van der Waals surface area contributed by atoms with Gasteiger partial charge in [0.25, 0.3) is 5.91 Å². The number of carbonyl (C=O) groups is 4. The summed E-state index contributed by atoms with van der Waals surface area (Å²) >= 11 is 0. The van der Waals surface area contributed by atoms with Gasteiger partial charge in [-0.05, 0) is 38.2 Å². The minimum atomic E-state index is -1.02. The first kappa shape index (κ1) is 34.6. The predicted octanol–water partition coefficient (Wildman–Crippen LogP) is 2.32. The van der Waals surface area contributed by atoms with Crippen LogP contribution >= 0.6 is 0 Å². The molecule has 2 rings (SSSR count). The lowest BCUT2D eigenvalue weighted by Gasteiger charge is -2.30. The highest BCUT2D eigenvalue weighted by molar-refractivity contribution is 6.23. The number of rotatable bonds is 6. The highest BCUT2D eigenvalue weighted by atomic mass is 19.1. The zero-order valence-electron chi connectivity index (χ0n) is 24.9. The van der Waals surface area contributed by atoms with Gasteiger partial charge in [-0.25, -0.2) is 9.18 Å². The molecule has 232 valence electrons. The van der Waals surface area contributed by atoms with Gasteiger partial charge in [0.2, 0.25) is 11.6 Å². The van der Waals surface area contributed by atoms with Crippen molar-refractivity contribution in [2.45, 2.75) is 65.0 Å². The number of aliphatic hydroxyl groups is 1. The lowest BCUT2D eigenvalue weighted by molar-refractivity contribution is -0.120. The van der Waals surface area contributed by atoms with E-state index in [1.807, 2.05) is 6.92 Å². The van der Waals surface area contributed by atoms with Crippen LogP contribution in [-0.4, -0.2) is 80.5 Å². The Morgan fingerprint density at radius 1 is 1.19 bits per heavy atom. The van der Waals surface area contributed by atoms with E-state index in [9.17, 15) is 28.7 Å². The number of hydrogen-bond acceptors (Lipinski definition) is 9. The van der Waals surface area contributed by atoms with Crippen molar-refractivity contribution >= 4 is 23.6 Å². The zero-order chi connectivity index (χ0) is 31.6. The van der Waals surface area contributed by atoms with E-state index in [4.69, 9.17) is 19.9 Å². The minimum Gasteiger partial charge on any atom is -0.439 e. The fourth-order valence-corrected chi connectivity index (χ4v) is 4.95. The molecule has 0 saturated heterocycles. The van der Waals surface area contributed by atoms with Gasteiger partial charge in [0.1, 0.15) is 12.8 Å². The second-order valence-corrected chi connectivity index (χ2v) is 10.5. The van der Waals surface area contributed by atoms with Crippen molar-refractivity contribution in [2.75, 3.05) is 27.4 Å². The van der Waals surface area contributed by atoms with Crippen LogP contribution in [0.4, 0.5) is 9.18 Å². The number of ether oxygens (including phenoxy) is 3. The molecule has 42 heavy (non-hydrogen) atoms. The first-order valence-corrected chi connectivity index (χ1v) is 13.7. The van der Waals surface area contributed by atoms with Crippen molar-refractivity contribution in [3.8, 4) is 0 Å². The van der Waals surface area contributed by atoms with Crippen molar-refractivity contribution in [3.05, 3.63) is 58.5 Å². The average Bonchev–Trinajstić information content (AvgIpc) is 2.94. The molecule has 0 aromatic carbocycles. The molecule has 1 heterocycles. The Bertz CT molecular complexity index is 1190. The molecule has 0 radical (unpaired) electrons. The van der Waals surface area contributed by atoms with Crippen LogP contribution in [0, 0.1) is 11.8 Å². The molecule has 0 aromatic heterocycles. The van der Waals surface area contributed by atoms with E-state index in [0.717, 1.165) is 6.08 Å². The predicted molar refractivity (Wildman–Crippen MR) is 154 cm³/mol. The summed E-state index contributed by atoms with van der Waals surface area (Å²) < 4.78 is 29.4. The van der Waals surface area contributed by atoms with Crippen LogP contribution in [0.3, 0.4) is 0 Å². The second kappa shape index (κ2) is 16.1. The molecule has 6 atom stereocenters. The molecule has 0 spiro atoms. The van der Waals surface area contributed by atoms with Crippen LogP contribution < -0.4 is 16.4 Å². The Kier molecular flexibility index (Phi) is 13.3. The summed E-state index contributed by atoms with van der Waals surface area (Å²) in [6.07, 6.45) is 3.29. The van der Waals surface area contributed by atoms with E-state index < -0.39 is 60.6 Å². The van der Waals surface area contributed by atoms with Crippen LogP contribution in [0.15, 0.2) is 58.5 Å². The number of alkyl halides is 1. The molecule has 2 aliphatic rings. The number of ketones is 2. The maximum atomic E-state index is 13.5. The molecule has 2 bridgehead atoms. The van der Waals surface area contributed by atoms with Crippen LogP contribution in [0.2, 0.25) is 0 Å². The molecule has 0 unspecified atom stereocenters. The molecule has 12 heteroatoms. The van der Waals surface area contributed by atoms with E-state index in [2.05, 4.69) is 10.6 Å². The molecule has 0 saturated carbocycles. The third kappa shape index (κ3) is 9.20. The van der Waals surface area contributed by atoms with Gasteiger partial charge in [-0.1, -0.05) is 38.2 Å². The van der Waals surface area contributed by atoms with Crippen molar-refractivity contribution < 1.29 is 42.9 Å². The van der Waals surface area contributed by atoms with Crippen molar-refractivity contribution in [1.29, 1.82) is 0 Å². The van der Waals surface area contributed by atoms with Crippen LogP contribution in [0.5, 0.6) is 0 Å². The summed E-state index contributed by atoms with van der Waals surface area (Å²) in [6.45, 7) is 5.92. The monoisotopic (exact) mass is 591 g/mol. The molecular weight excluding hydrogens is 549 g/mol. The van der Waals surface area contributed by atoms with Gasteiger partial charge in [0.15, 0.2) is 6.10 Å². The Morgan fingerprint density at radius 2 is 1.88 bits per heavy atom. The number of fused-ring (bicyclic) bond motifs is 2. The average molecular weight is 592 g/mol. The molecule has 11 nitrogen and oxygen atoms in total. The van der Waals surface area contributed by atoms with E-state index in [0.29, 0.717) is 12.0 Å². The van der Waals surface area contributed by atoms with Gasteiger partial charge < -0.3 is 35.7 Å². The summed E-state index contributed by atoms with van der Waals surface area (Å²) in [7, 11) is 2.87. The quantitative estimate of drug-likeness (QED) is 0.268. The smallest absolute Gasteiger partial charge is 0.405 e. The van der Waals surface area contributed by atoms with Gasteiger partial charge in [-0.2, -0.15) is 0 Å². The highest BCUT2D eigenvalue weighted by Crippen LogP contribution is 2.28. The summed E-state index contributed by atoms with van der Waals surface area (Å²) in [5.74, 6) is -2.49. The summed E-state index contributed by atoms with van der Waals surface area (Å²) in [6, 6.07) is 0. The number of carbonyl (C=O) groups excluding carboxylic acids is 4. The van der Waals surface area contributed by atoms with Crippen molar-refractivity contribution in [1.82, 2.24) is 10.6 Å². The maximum Gasteiger partial charge on any atom is 0.405 e. The normalized spacial score (nSPS) is 31.7. The lowest BCUT2D eigenvalue weighted by Crippen LogP contribution is -2.38. The Hall–Kier alpha value is -3.61. The van der Waals surface area contributed by atoms with Gasteiger partial charge in [0, 0.05) is 43.9 Å². The molecule has 0 fully saturated rings. The number of allylic oxidation sites excluding steroid dienone is 4. The largest absolute Gasteiger partial charge is 0.439 e. The van der Waals surface area contributed by atoms with Crippen LogP contribution in [0.25, 0.3) is 0 Å². The lowest BCUT2D eigenvalue weighted by atomic mass is 9.85. The number of primary amides is 1. The molecule has 5 N–H and O–H groups in total. The van der Waals surface area contributed by atoms with Crippen LogP contribution in [0.1, 0.15) is 40.5 Å². The number of halogens is 1. The fraction of sp³-hybridized carbons (Fsp3) is 0.533. The maximum absolute atomic E-state index is 13.5. The number of aliphatic hydroxyl groups excluding tert-OH is 1. The molecule has 1 aliphatic carbocycles. The van der Waals surface area contributed by atoms with Crippen molar-refractivity contribution in [3.63, 3.8) is 0 Å². The number of nitrogens with two attached hydrogens (primary N) is 1. The molecule has 2 amide bonds. The molecular formula is C30H42FN3O8. The third-order valence-electron chi connectivity index (χ3n) is 7.19. The number of Topliss-reactive ketones (excluding diaryl/α,β-unsaturated/α-hetero) is 1. The SMILES string of the molecule is CO[C@H]1/C=C\C=C(\C)C(=O)NC2=CC(=O)C(NCCF)=C(C[C@@H](C)C[C@@H](OC)[C@@H](O)[C@@H](C)/C=C(/C)[C@@H]1OC(N)=O)C2=O. The zero-order valence-corrected chi connectivity index (χ0v) is 24.9. The standard InChI is InChI=1S/C30H42FN3O8/c1-16-12-20-25(33-11-10-31)22(35)15-21(27(20)37)34-29(38)17(2)8-7-9-23(40-5)28(42-30(32)39)19(4)14-18(3)26(36)24(13-16)41-6/h7-9,14-16,18,23-24,26,28,33,36H,10-13H2,1-6H3,(H2,32,39)(H,34,38)/b9-7-,17-8-,19-14-/t16-,18+,23+,24-,26+,28+/m1/s1. The second-order valence-electron chi connectivity index (χ2n) is 10.5. The fourth-order valence-electron chi connectivity index (χ4n) is 4.95. The summed E-state index contributed by atoms with van der Waals surface area (Å²) in [5, 5.41) is 16.4. The number of methoxy groups -OCH3 is 2. The summed E-state index contributed by atoms with van der Waals surface area (Å²) in [5.41, 5.74) is 5.99. The Morgan fingerprint density at radius 3 is 2.48 bits per heavy atom. The number of amides is 2. The summed E-state index contributed by atoms with van der Waals surface area (Å²) in [4.78, 5) is 51.1. The highest BCUT2D eigenvalue weighted by Gasteiger charge is 2.33. The third-order valence-corrected chi connectivity index (χ3v) is 7.19. The van der Waals surface area contributed by atoms with E-state index >= 15 is 0 Å². The molecule has 1 aliphatic heterocycles. The van der Waals surface area contributed by atoms with Gasteiger partial charge in [0.05, 0.1) is 23.6 Å². The Balaban J connectivity index is 2.61.